The summed E-state index contributed by atoms with van der Waals surface area (Å²) in [7, 11) is 0. The van der Waals surface area contributed by atoms with Gasteiger partial charge in [0, 0.05) is 17.5 Å². The topological polar surface area (TPSA) is 66.9 Å². The molecule has 0 aromatic heterocycles. The summed E-state index contributed by atoms with van der Waals surface area (Å²) in [6.45, 7) is 0. The van der Waals surface area contributed by atoms with E-state index in [9.17, 15) is 4.79 Å². The fraction of sp³-hybridized carbons (Fsp3) is 0.0667. The minimum atomic E-state index is 0.0112. The van der Waals surface area contributed by atoms with Gasteiger partial charge in [0.25, 0.3) is 0 Å². The summed E-state index contributed by atoms with van der Waals surface area (Å²) in [6, 6.07) is 16.4. The Kier molecular flexibility index (Phi) is 3.53. The lowest BCUT2D eigenvalue weighted by Crippen LogP contribution is -2.11. The third-order valence-electron chi connectivity index (χ3n) is 2.73. The third-order valence-corrected chi connectivity index (χ3v) is 2.73. The van der Waals surface area contributed by atoms with Crippen LogP contribution in [-0.4, -0.2) is 11.6 Å². The molecule has 2 aromatic carbocycles. The van der Waals surface area contributed by atoms with Crippen molar-refractivity contribution in [2.45, 2.75) is 6.42 Å². The molecule has 18 heavy (non-hydrogen) atoms. The van der Waals surface area contributed by atoms with Crippen LogP contribution in [0.1, 0.15) is 21.5 Å². The highest BCUT2D eigenvalue weighted by atomic mass is 16.1. The largest absolute Gasteiger partial charge is 0.384 e. The molecule has 2 rings (SSSR count). The maximum absolute atomic E-state index is 12.0. The van der Waals surface area contributed by atoms with Crippen LogP contribution >= 0.6 is 0 Å². The zero-order chi connectivity index (χ0) is 13.0. The molecule has 0 fully saturated rings. The Bertz CT molecular complexity index is 559. The number of carbonyl (C=O) groups excluding carboxylic acids is 1. The van der Waals surface area contributed by atoms with Gasteiger partial charge in [0.2, 0.25) is 0 Å². The molecular weight excluding hydrogens is 224 g/mol. The van der Waals surface area contributed by atoms with Gasteiger partial charge in [-0.3, -0.25) is 10.2 Å². The van der Waals surface area contributed by atoms with Crippen molar-refractivity contribution in [3.05, 3.63) is 71.3 Å². The first-order chi connectivity index (χ1) is 8.66. The van der Waals surface area contributed by atoms with Gasteiger partial charge in [0.15, 0.2) is 5.78 Å². The van der Waals surface area contributed by atoms with E-state index in [-0.39, 0.29) is 11.6 Å². The number of nitrogens with two attached hydrogens (primary N) is 1. The molecule has 0 saturated heterocycles. The minimum Gasteiger partial charge on any atom is -0.384 e. The predicted octanol–water partition coefficient (Wildman–Crippen LogP) is 2.40. The smallest absolute Gasteiger partial charge is 0.167 e. The molecule has 90 valence electrons. The zero-order valence-electron chi connectivity index (χ0n) is 9.89. The van der Waals surface area contributed by atoms with Crippen LogP contribution in [0.3, 0.4) is 0 Å². The fourth-order valence-electron chi connectivity index (χ4n) is 1.72. The summed E-state index contributed by atoms with van der Waals surface area (Å²) in [5, 5.41) is 7.29. The van der Waals surface area contributed by atoms with E-state index in [2.05, 4.69) is 0 Å². The highest BCUT2D eigenvalue weighted by molar-refractivity contribution is 5.99. The normalized spacial score (nSPS) is 10.0. The van der Waals surface area contributed by atoms with E-state index < -0.39 is 0 Å². The molecule has 0 unspecified atom stereocenters. The van der Waals surface area contributed by atoms with Crippen LogP contribution in [0.5, 0.6) is 0 Å². The van der Waals surface area contributed by atoms with E-state index in [0.717, 1.165) is 5.56 Å². The third kappa shape index (κ3) is 2.83. The van der Waals surface area contributed by atoms with E-state index in [1.165, 1.54) is 0 Å². The first-order valence-electron chi connectivity index (χ1n) is 5.68. The number of hydrogen-bond acceptors (Lipinski definition) is 2. The summed E-state index contributed by atoms with van der Waals surface area (Å²) < 4.78 is 0. The van der Waals surface area contributed by atoms with Gasteiger partial charge in [-0.2, -0.15) is 0 Å². The first kappa shape index (κ1) is 12.0. The Morgan fingerprint density at radius 3 is 2.06 bits per heavy atom. The Balaban J connectivity index is 2.12. The van der Waals surface area contributed by atoms with Gasteiger partial charge in [0.05, 0.1) is 0 Å². The average molecular weight is 238 g/mol. The molecule has 0 radical (unpaired) electrons. The number of Topliss-reactive ketones (excluding diaryl/α,β-unsaturated/α-hetero) is 1. The Morgan fingerprint density at radius 1 is 0.944 bits per heavy atom. The number of benzene rings is 2. The number of nitrogens with one attached hydrogen (secondary N) is 1. The highest BCUT2D eigenvalue weighted by Gasteiger charge is 2.07. The Morgan fingerprint density at radius 2 is 1.50 bits per heavy atom. The lowest BCUT2D eigenvalue weighted by Gasteiger charge is -2.03. The van der Waals surface area contributed by atoms with Crippen molar-refractivity contribution in [2.24, 2.45) is 5.73 Å². The number of rotatable bonds is 4. The van der Waals surface area contributed by atoms with Gasteiger partial charge in [-0.1, -0.05) is 54.6 Å². The van der Waals surface area contributed by atoms with Crippen molar-refractivity contribution in [3.63, 3.8) is 0 Å². The molecule has 3 nitrogen and oxygen atoms in total. The molecule has 0 amide bonds. The number of carbonyl (C=O) groups is 1. The van der Waals surface area contributed by atoms with E-state index >= 15 is 0 Å². The summed E-state index contributed by atoms with van der Waals surface area (Å²) >= 11 is 0. The van der Waals surface area contributed by atoms with Crippen LogP contribution in [0, 0.1) is 5.41 Å². The van der Waals surface area contributed by atoms with Crippen molar-refractivity contribution in [2.75, 3.05) is 0 Å². The van der Waals surface area contributed by atoms with E-state index in [0.29, 0.717) is 17.5 Å². The maximum atomic E-state index is 12.0. The minimum absolute atomic E-state index is 0.0112. The predicted molar refractivity (Wildman–Crippen MR) is 71.9 cm³/mol. The molecule has 0 spiro atoms. The number of nitrogen functional groups attached to an aromatic ring is 1. The van der Waals surface area contributed by atoms with E-state index in [1.54, 1.807) is 24.3 Å². The molecule has 0 atom stereocenters. The van der Waals surface area contributed by atoms with Crippen LogP contribution in [0.2, 0.25) is 0 Å². The fourth-order valence-corrected chi connectivity index (χ4v) is 1.72. The second-order valence-electron chi connectivity index (χ2n) is 4.08. The first-order valence-corrected chi connectivity index (χ1v) is 5.68. The van der Waals surface area contributed by atoms with Crippen molar-refractivity contribution in [1.82, 2.24) is 0 Å². The number of hydrogen-bond donors (Lipinski definition) is 2. The number of amidine groups is 1. The number of ketones is 1. The molecule has 3 heteroatoms. The summed E-state index contributed by atoms with van der Waals surface area (Å²) in [4.78, 5) is 12.0. The Hall–Kier alpha value is -2.42. The summed E-state index contributed by atoms with van der Waals surface area (Å²) in [5.74, 6) is 0.0772. The zero-order valence-corrected chi connectivity index (χ0v) is 9.89. The molecule has 0 aliphatic heterocycles. The summed E-state index contributed by atoms with van der Waals surface area (Å²) in [6.07, 6.45) is 0.389. The molecule has 2 aromatic rings. The summed E-state index contributed by atoms with van der Waals surface area (Å²) in [5.41, 5.74) is 7.63. The van der Waals surface area contributed by atoms with Gasteiger partial charge >= 0.3 is 0 Å². The van der Waals surface area contributed by atoms with Gasteiger partial charge in [-0.15, -0.1) is 0 Å². The standard InChI is InChI=1S/C15H14N2O/c16-15(17)13-8-6-12(7-9-13)14(18)10-11-4-2-1-3-5-11/h1-9H,10H2,(H3,16,17). The second-order valence-corrected chi connectivity index (χ2v) is 4.08. The molecule has 0 aliphatic carbocycles. The molecule has 0 heterocycles. The molecular formula is C15H14N2O. The van der Waals surface area contributed by atoms with Crippen molar-refractivity contribution >= 4 is 11.6 Å². The van der Waals surface area contributed by atoms with Crippen molar-refractivity contribution in [3.8, 4) is 0 Å². The van der Waals surface area contributed by atoms with Crippen molar-refractivity contribution in [1.29, 1.82) is 5.41 Å². The van der Waals surface area contributed by atoms with Crippen LogP contribution in [0.15, 0.2) is 54.6 Å². The van der Waals surface area contributed by atoms with E-state index in [4.69, 9.17) is 11.1 Å². The highest BCUT2D eigenvalue weighted by Crippen LogP contribution is 2.09. The molecule has 0 saturated carbocycles. The Labute approximate surface area is 106 Å². The lowest BCUT2D eigenvalue weighted by atomic mass is 10.0. The van der Waals surface area contributed by atoms with Gasteiger partial charge in [-0.25, -0.2) is 0 Å². The molecule has 3 N–H and O–H groups in total. The van der Waals surface area contributed by atoms with Crippen LogP contribution in [0.25, 0.3) is 0 Å². The SMILES string of the molecule is N=C(N)c1ccc(C(=O)Cc2ccccc2)cc1. The van der Waals surface area contributed by atoms with Gasteiger partial charge < -0.3 is 5.73 Å². The average Bonchev–Trinajstić information content (AvgIpc) is 2.40. The molecule has 0 aliphatic rings. The molecule has 0 bridgehead atoms. The second kappa shape index (κ2) is 5.27. The maximum Gasteiger partial charge on any atom is 0.167 e. The van der Waals surface area contributed by atoms with E-state index in [1.807, 2.05) is 30.3 Å². The van der Waals surface area contributed by atoms with Gasteiger partial charge in [0.1, 0.15) is 5.84 Å². The van der Waals surface area contributed by atoms with Crippen molar-refractivity contribution < 1.29 is 4.79 Å². The monoisotopic (exact) mass is 238 g/mol. The quantitative estimate of drug-likeness (QED) is 0.488. The van der Waals surface area contributed by atoms with Crippen LogP contribution in [0.4, 0.5) is 0 Å². The van der Waals surface area contributed by atoms with Crippen LogP contribution < -0.4 is 5.73 Å². The van der Waals surface area contributed by atoms with Gasteiger partial charge in [-0.05, 0) is 5.56 Å². The van der Waals surface area contributed by atoms with Crippen LogP contribution in [-0.2, 0) is 6.42 Å². The lowest BCUT2D eigenvalue weighted by molar-refractivity contribution is 0.0993.